The van der Waals surface area contributed by atoms with Crippen molar-refractivity contribution < 1.29 is 9.18 Å². The molecular formula is C13H18ClFN2O. The quantitative estimate of drug-likeness (QED) is 0.869. The summed E-state index contributed by atoms with van der Waals surface area (Å²) in [5.41, 5.74) is 1.45. The Balaban J connectivity index is 0.00000162. The normalized spacial score (nSPS) is 18.9. The Morgan fingerprint density at radius 3 is 2.89 bits per heavy atom. The zero-order valence-corrected chi connectivity index (χ0v) is 11.1. The van der Waals surface area contributed by atoms with Crippen molar-refractivity contribution in [2.75, 3.05) is 18.4 Å². The minimum atomic E-state index is -0.278. The Hall–Kier alpha value is -1.13. The molecule has 2 N–H and O–H groups in total. The number of hydrogen-bond acceptors (Lipinski definition) is 2. The lowest BCUT2D eigenvalue weighted by atomic mass is 9.98. The summed E-state index contributed by atoms with van der Waals surface area (Å²) in [4.78, 5) is 12.0. The maximum atomic E-state index is 12.9. The Morgan fingerprint density at radius 1 is 1.50 bits per heavy atom. The zero-order chi connectivity index (χ0) is 12.3. The van der Waals surface area contributed by atoms with Gasteiger partial charge >= 0.3 is 0 Å². The summed E-state index contributed by atoms with van der Waals surface area (Å²) in [5, 5.41) is 6.07. The number of aryl methyl sites for hydroxylation is 1. The summed E-state index contributed by atoms with van der Waals surface area (Å²) >= 11 is 0. The Labute approximate surface area is 113 Å². The van der Waals surface area contributed by atoms with Crippen molar-refractivity contribution in [3.63, 3.8) is 0 Å². The number of benzene rings is 1. The van der Waals surface area contributed by atoms with Crippen molar-refractivity contribution in [2.45, 2.75) is 19.8 Å². The molecule has 2 rings (SSSR count). The third kappa shape index (κ3) is 3.68. The van der Waals surface area contributed by atoms with Gasteiger partial charge in [0.25, 0.3) is 0 Å². The summed E-state index contributed by atoms with van der Waals surface area (Å²) in [6.45, 7) is 3.50. The first-order valence-electron chi connectivity index (χ1n) is 5.94. The van der Waals surface area contributed by atoms with E-state index in [1.165, 1.54) is 12.1 Å². The monoisotopic (exact) mass is 272 g/mol. The largest absolute Gasteiger partial charge is 0.326 e. The summed E-state index contributed by atoms with van der Waals surface area (Å²) in [6.07, 6.45) is 1.94. The lowest BCUT2D eigenvalue weighted by Gasteiger charge is -2.22. The lowest BCUT2D eigenvalue weighted by Crippen LogP contribution is -2.37. The van der Waals surface area contributed by atoms with Gasteiger partial charge in [-0.1, -0.05) is 0 Å². The van der Waals surface area contributed by atoms with Crippen LogP contribution in [0.5, 0.6) is 0 Å². The number of piperidine rings is 1. The molecule has 1 saturated heterocycles. The fourth-order valence-corrected chi connectivity index (χ4v) is 2.08. The minimum absolute atomic E-state index is 0. The SMILES string of the molecule is Cc1cc(F)ccc1NC(=O)[C@@H]1CCCNC1.Cl. The summed E-state index contributed by atoms with van der Waals surface area (Å²) in [6, 6.07) is 4.40. The van der Waals surface area contributed by atoms with E-state index in [-0.39, 0.29) is 30.0 Å². The van der Waals surface area contributed by atoms with Crippen molar-refractivity contribution in [2.24, 2.45) is 5.92 Å². The van der Waals surface area contributed by atoms with Crippen LogP contribution in [0.3, 0.4) is 0 Å². The van der Waals surface area contributed by atoms with Crippen LogP contribution in [0, 0.1) is 18.7 Å². The van der Waals surface area contributed by atoms with Gasteiger partial charge in [-0.05, 0) is 50.1 Å². The van der Waals surface area contributed by atoms with Crippen LogP contribution < -0.4 is 10.6 Å². The molecule has 0 bridgehead atoms. The van der Waals surface area contributed by atoms with Crippen LogP contribution in [0.4, 0.5) is 10.1 Å². The standard InChI is InChI=1S/C13H17FN2O.ClH/c1-9-7-11(14)4-5-12(9)16-13(17)10-3-2-6-15-8-10;/h4-5,7,10,15H,2-3,6,8H2,1H3,(H,16,17);1H/t10-;/m1./s1. The molecule has 0 aliphatic carbocycles. The summed E-state index contributed by atoms with van der Waals surface area (Å²) in [7, 11) is 0. The van der Waals surface area contributed by atoms with Gasteiger partial charge in [0, 0.05) is 12.2 Å². The van der Waals surface area contributed by atoms with Gasteiger partial charge in [-0.25, -0.2) is 4.39 Å². The molecule has 0 spiro atoms. The van der Waals surface area contributed by atoms with E-state index >= 15 is 0 Å². The number of anilines is 1. The van der Waals surface area contributed by atoms with Crippen molar-refractivity contribution in [1.29, 1.82) is 0 Å². The molecule has 0 unspecified atom stereocenters. The van der Waals surface area contributed by atoms with E-state index in [0.29, 0.717) is 5.69 Å². The molecule has 0 radical (unpaired) electrons. The van der Waals surface area contributed by atoms with E-state index in [0.717, 1.165) is 31.5 Å². The van der Waals surface area contributed by atoms with E-state index in [1.54, 1.807) is 13.0 Å². The number of carbonyl (C=O) groups is 1. The maximum Gasteiger partial charge on any atom is 0.228 e. The molecule has 1 aliphatic heterocycles. The van der Waals surface area contributed by atoms with Crippen LogP contribution in [0.1, 0.15) is 18.4 Å². The minimum Gasteiger partial charge on any atom is -0.326 e. The Morgan fingerprint density at radius 2 is 2.28 bits per heavy atom. The molecule has 1 atom stereocenters. The second-order valence-corrected chi connectivity index (χ2v) is 4.49. The topological polar surface area (TPSA) is 41.1 Å². The molecule has 3 nitrogen and oxygen atoms in total. The maximum absolute atomic E-state index is 12.9. The van der Waals surface area contributed by atoms with Crippen LogP contribution in [0.25, 0.3) is 0 Å². The Bertz CT molecular complexity index is 419. The molecule has 1 amide bonds. The number of halogens is 2. The van der Waals surface area contributed by atoms with Crippen LogP contribution in [0.15, 0.2) is 18.2 Å². The molecule has 1 heterocycles. The molecule has 1 fully saturated rings. The smallest absolute Gasteiger partial charge is 0.228 e. The molecular weight excluding hydrogens is 255 g/mol. The van der Waals surface area contributed by atoms with Crippen LogP contribution >= 0.6 is 12.4 Å². The predicted octanol–water partition coefficient (Wildman–Crippen LogP) is 2.49. The molecule has 100 valence electrons. The molecule has 1 aromatic rings. The van der Waals surface area contributed by atoms with Gasteiger partial charge in [-0.2, -0.15) is 0 Å². The van der Waals surface area contributed by atoms with Gasteiger partial charge in [-0.15, -0.1) is 12.4 Å². The van der Waals surface area contributed by atoms with E-state index in [4.69, 9.17) is 0 Å². The van der Waals surface area contributed by atoms with Gasteiger partial charge < -0.3 is 10.6 Å². The first kappa shape index (κ1) is 14.9. The highest BCUT2D eigenvalue weighted by Crippen LogP contribution is 2.18. The predicted molar refractivity (Wildman–Crippen MR) is 72.6 cm³/mol. The first-order chi connectivity index (χ1) is 8.16. The van der Waals surface area contributed by atoms with Crippen molar-refractivity contribution >= 4 is 24.0 Å². The number of hydrogen-bond donors (Lipinski definition) is 2. The van der Waals surface area contributed by atoms with E-state index in [2.05, 4.69) is 10.6 Å². The van der Waals surface area contributed by atoms with Crippen LogP contribution in [0.2, 0.25) is 0 Å². The van der Waals surface area contributed by atoms with Gasteiger partial charge in [0.05, 0.1) is 5.92 Å². The fraction of sp³-hybridized carbons (Fsp3) is 0.462. The highest BCUT2D eigenvalue weighted by atomic mass is 35.5. The molecule has 0 aromatic heterocycles. The van der Waals surface area contributed by atoms with Crippen LogP contribution in [-0.4, -0.2) is 19.0 Å². The van der Waals surface area contributed by atoms with Crippen molar-refractivity contribution in [3.05, 3.63) is 29.6 Å². The second kappa shape index (κ2) is 6.71. The van der Waals surface area contributed by atoms with Gasteiger partial charge in [0.1, 0.15) is 5.82 Å². The number of amides is 1. The average molecular weight is 273 g/mol. The second-order valence-electron chi connectivity index (χ2n) is 4.49. The highest BCUT2D eigenvalue weighted by molar-refractivity contribution is 5.93. The van der Waals surface area contributed by atoms with Gasteiger partial charge in [0.15, 0.2) is 0 Å². The molecule has 0 saturated carbocycles. The van der Waals surface area contributed by atoms with Crippen molar-refractivity contribution in [1.82, 2.24) is 5.32 Å². The molecule has 5 heteroatoms. The third-order valence-corrected chi connectivity index (χ3v) is 3.11. The van der Waals surface area contributed by atoms with Crippen LogP contribution in [-0.2, 0) is 4.79 Å². The number of rotatable bonds is 2. The van der Waals surface area contributed by atoms with Gasteiger partial charge in [0.2, 0.25) is 5.91 Å². The number of nitrogens with one attached hydrogen (secondary N) is 2. The zero-order valence-electron chi connectivity index (χ0n) is 10.3. The number of carbonyl (C=O) groups excluding carboxylic acids is 1. The summed E-state index contributed by atoms with van der Waals surface area (Å²) < 4.78 is 12.9. The average Bonchev–Trinajstić information content (AvgIpc) is 2.34. The first-order valence-corrected chi connectivity index (χ1v) is 5.94. The Kier molecular flexibility index (Phi) is 5.56. The highest BCUT2D eigenvalue weighted by Gasteiger charge is 2.21. The van der Waals surface area contributed by atoms with E-state index in [1.807, 2.05) is 0 Å². The fourth-order valence-electron chi connectivity index (χ4n) is 2.08. The van der Waals surface area contributed by atoms with Crippen molar-refractivity contribution in [3.8, 4) is 0 Å². The van der Waals surface area contributed by atoms with E-state index in [9.17, 15) is 9.18 Å². The molecule has 1 aromatic carbocycles. The third-order valence-electron chi connectivity index (χ3n) is 3.11. The summed E-state index contributed by atoms with van der Waals surface area (Å²) in [5.74, 6) is -0.236. The van der Waals surface area contributed by atoms with Gasteiger partial charge in [-0.3, -0.25) is 4.79 Å². The lowest BCUT2D eigenvalue weighted by molar-refractivity contribution is -0.120. The van der Waals surface area contributed by atoms with E-state index < -0.39 is 0 Å². The molecule has 1 aliphatic rings. The molecule has 18 heavy (non-hydrogen) atoms.